The van der Waals surface area contributed by atoms with Crippen LogP contribution in [-0.4, -0.2) is 30.6 Å². The van der Waals surface area contributed by atoms with Crippen molar-refractivity contribution in [3.8, 4) is 0 Å². The Kier molecular flexibility index (Phi) is 7.53. The summed E-state index contributed by atoms with van der Waals surface area (Å²) in [5, 5.41) is 0. The molecule has 1 aliphatic carbocycles. The van der Waals surface area contributed by atoms with Crippen molar-refractivity contribution in [3.63, 3.8) is 0 Å². The minimum Gasteiger partial charge on any atom is -0.330 e. The Morgan fingerprint density at radius 3 is 2.15 bits per heavy atom. The van der Waals surface area contributed by atoms with E-state index in [4.69, 9.17) is 5.73 Å². The van der Waals surface area contributed by atoms with E-state index < -0.39 is 0 Å². The second-order valence-electron chi connectivity index (χ2n) is 8.23. The quantitative estimate of drug-likeness (QED) is 0.647. The Balaban J connectivity index is 2.31. The molecule has 0 spiro atoms. The van der Waals surface area contributed by atoms with Gasteiger partial charge in [-0.3, -0.25) is 0 Å². The predicted octanol–water partition coefficient (Wildman–Crippen LogP) is 4.29. The third kappa shape index (κ3) is 7.08. The molecule has 2 heteroatoms. The van der Waals surface area contributed by atoms with E-state index in [2.05, 4.69) is 39.5 Å². The van der Waals surface area contributed by atoms with E-state index in [0.717, 1.165) is 24.4 Å². The molecule has 2 N–H and O–H groups in total. The molecule has 0 bridgehead atoms. The third-order valence-corrected chi connectivity index (χ3v) is 4.79. The highest BCUT2D eigenvalue weighted by atomic mass is 15.2. The maximum Gasteiger partial charge on any atom is 0.00964 e. The SMILES string of the molecule is CC(C)CCN(CCCC(CCN)C(C)(C)C)C1CC1. The molecule has 1 aliphatic rings. The van der Waals surface area contributed by atoms with Crippen LogP contribution in [0.4, 0.5) is 0 Å². The van der Waals surface area contributed by atoms with Gasteiger partial charge in [-0.05, 0) is 75.4 Å². The first kappa shape index (κ1) is 18.0. The van der Waals surface area contributed by atoms with Crippen LogP contribution in [0.15, 0.2) is 0 Å². The first-order chi connectivity index (χ1) is 9.34. The lowest BCUT2D eigenvalue weighted by Gasteiger charge is -2.31. The van der Waals surface area contributed by atoms with Crippen molar-refractivity contribution in [3.05, 3.63) is 0 Å². The number of nitrogens with zero attached hydrogens (tertiary/aromatic N) is 1. The highest BCUT2D eigenvalue weighted by Gasteiger charge is 2.29. The molecular formula is C18H38N2. The molecule has 0 saturated heterocycles. The van der Waals surface area contributed by atoms with Crippen LogP contribution in [0.1, 0.15) is 73.1 Å². The zero-order valence-corrected chi connectivity index (χ0v) is 14.6. The van der Waals surface area contributed by atoms with E-state index >= 15 is 0 Å². The van der Waals surface area contributed by atoms with Gasteiger partial charge in [-0.15, -0.1) is 0 Å². The molecule has 1 rings (SSSR count). The molecule has 0 radical (unpaired) electrons. The molecule has 120 valence electrons. The zero-order chi connectivity index (χ0) is 15.2. The molecule has 0 aromatic heterocycles. The van der Waals surface area contributed by atoms with Crippen LogP contribution in [0.2, 0.25) is 0 Å². The molecule has 0 heterocycles. The molecule has 1 saturated carbocycles. The summed E-state index contributed by atoms with van der Waals surface area (Å²) >= 11 is 0. The van der Waals surface area contributed by atoms with Crippen molar-refractivity contribution in [2.24, 2.45) is 23.0 Å². The molecule has 2 nitrogen and oxygen atoms in total. The highest BCUT2D eigenvalue weighted by molar-refractivity contribution is 4.85. The standard InChI is InChI=1S/C18H38N2/c1-15(2)11-14-20(17-8-9-17)13-6-7-16(10-12-19)18(3,4)5/h15-17H,6-14,19H2,1-5H3. The summed E-state index contributed by atoms with van der Waals surface area (Å²) in [6, 6.07) is 0.913. The van der Waals surface area contributed by atoms with Crippen LogP contribution >= 0.6 is 0 Å². The minimum absolute atomic E-state index is 0.404. The second kappa shape index (κ2) is 8.38. The average Bonchev–Trinajstić information content (AvgIpc) is 3.14. The topological polar surface area (TPSA) is 29.3 Å². The molecule has 1 unspecified atom stereocenters. The van der Waals surface area contributed by atoms with Crippen molar-refractivity contribution in [2.45, 2.75) is 79.2 Å². The Morgan fingerprint density at radius 2 is 1.70 bits per heavy atom. The van der Waals surface area contributed by atoms with Crippen molar-refractivity contribution in [1.29, 1.82) is 0 Å². The van der Waals surface area contributed by atoms with Crippen LogP contribution in [0, 0.1) is 17.3 Å². The molecule has 0 aromatic carbocycles. The first-order valence-electron chi connectivity index (χ1n) is 8.78. The highest BCUT2D eigenvalue weighted by Crippen LogP contribution is 2.33. The maximum atomic E-state index is 5.79. The third-order valence-electron chi connectivity index (χ3n) is 4.79. The Morgan fingerprint density at radius 1 is 1.05 bits per heavy atom. The van der Waals surface area contributed by atoms with Gasteiger partial charge in [-0.1, -0.05) is 34.6 Å². The Hall–Kier alpha value is -0.0800. The van der Waals surface area contributed by atoms with E-state index in [9.17, 15) is 0 Å². The fourth-order valence-electron chi connectivity index (χ4n) is 3.09. The lowest BCUT2D eigenvalue weighted by atomic mass is 9.76. The van der Waals surface area contributed by atoms with Crippen molar-refractivity contribution in [1.82, 2.24) is 4.90 Å². The van der Waals surface area contributed by atoms with Crippen LogP contribution in [0.5, 0.6) is 0 Å². The van der Waals surface area contributed by atoms with E-state index in [1.54, 1.807) is 0 Å². The van der Waals surface area contributed by atoms with E-state index in [0.29, 0.717) is 5.41 Å². The summed E-state index contributed by atoms with van der Waals surface area (Å²) in [7, 11) is 0. The molecule has 1 atom stereocenters. The number of nitrogens with two attached hydrogens (primary N) is 1. The van der Waals surface area contributed by atoms with Gasteiger partial charge in [0.2, 0.25) is 0 Å². The Labute approximate surface area is 127 Å². The van der Waals surface area contributed by atoms with Gasteiger partial charge in [0.05, 0.1) is 0 Å². The fraction of sp³-hybridized carbons (Fsp3) is 1.00. The molecule has 0 aromatic rings. The average molecular weight is 283 g/mol. The molecule has 0 aliphatic heterocycles. The van der Waals surface area contributed by atoms with E-state index in [1.807, 2.05) is 0 Å². The van der Waals surface area contributed by atoms with Gasteiger partial charge in [0.1, 0.15) is 0 Å². The molecule has 20 heavy (non-hydrogen) atoms. The van der Waals surface area contributed by atoms with Gasteiger partial charge in [-0.25, -0.2) is 0 Å². The summed E-state index contributed by atoms with van der Waals surface area (Å²) in [6.07, 6.45) is 8.08. The zero-order valence-electron chi connectivity index (χ0n) is 14.6. The minimum atomic E-state index is 0.404. The lowest BCUT2D eigenvalue weighted by Crippen LogP contribution is -2.30. The van der Waals surface area contributed by atoms with Gasteiger partial charge in [-0.2, -0.15) is 0 Å². The van der Waals surface area contributed by atoms with Crippen molar-refractivity contribution < 1.29 is 0 Å². The lowest BCUT2D eigenvalue weighted by molar-refractivity contribution is 0.187. The van der Waals surface area contributed by atoms with Crippen LogP contribution in [0.25, 0.3) is 0 Å². The van der Waals surface area contributed by atoms with E-state index in [1.165, 1.54) is 51.6 Å². The monoisotopic (exact) mass is 282 g/mol. The largest absolute Gasteiger partial charge is 0.330 e. The fourth-order valence-corrected chi connectivity index (χ4v) is 3.09. The molecular weight excluding hydrogens is 244 g/mol. The normalized spacial score (nSPS) is 18.0. The predicted molar refractivity (Wildman–Crippen MR) is 89.9 cm³/mol. The van der Waals surface area contributed by atoms with Crippen LogP contribution in [-0.2, 0) is 0 Å². The first-order valence-corrected chi connectivity index (χ1v) is 8.78. The van der Waals surface area contributed by atoms with Gasteiger partial charge < -0.3 is 10.6 Å². The summed E-state index contributed by atoms with van der Waals surface area (Å²) in [4.78, 5) is 2.75. The maximum absolute atomic E-state index is 5.79. The van der Waals surface area contributed by atoms with Gasteiger partial charge in [0.15, 0.2) is 0 Å². The summed E-state index contributed by atoms with van der Waals surface area (Å²) in [5.74, 6) is 1.61. The van der Waals surface area contributed by atoms with Gasteiger partial charge >= 0.3 is 0 Å². The number of hydrogen-bond acceptors (Lipinski definition) is 2. The van der Waals surface area contributed by atoms with Gasteiger partial charge in [0.25, 0.3) is 0 Å². The van der Waals surface area contributed by atoms with Gasteiger partial charge in [0, 0.05) is 6.04 Å². The van der Waals surface area contributed by atoms with Crippen LogP contribution < -0.4 is 5.73 Å². The number of rotatable bonds is 10. The summed E-state index contributed by atoms with van der Waals surface area (Å²) in [6.45, 7) is 15.2. The summed E-state index contributed by atoms with van der Waals surface area (Å²) in [5.41, 5.74) is 6.19. The summed E-state index contributed by atoms with van der Waals surface area (Å²) < 4.78 is 0. The smallest absolute Gasteiger partial charge is 0.00964 e. The van der Waals surface area contributed by atoms with Crippen molar-refractivity contribution in [2.75, 3.05) is 19.6 Å². The molecule has 0 amide bonds. The van der Waals surface area contributed by atoms with E-state index in [-0.39, 0.29) is 0 Å². The molecule has 1 fully saturated rings. The Bertz CT molecular complexity index is 251. The van der Waals surface area contributed by atoms with Crippen LogP contribution in [0.3, 0.4) is 0 Å². The van der Waals surface area contributed by atoms with Crippen molar-refractivity contribution >= 4 is 0 Å². The second-order valence-corrected chi connectivity index (χ2v) is 8.23. The number of hydrogen-bond donors (Lipinski definition) is 1.